The number of fused-ring (bicyclic) bond motifs is 1. The normalized spacial score (nSPS) is 18.3. The molecule has 190 valence electrons. The number of aromatic amines is 1. The van der Waals surface area contributed by atoms with Crippen molar-refractivity contribution in [1.29, 1.82) is 0 Å². The van der Waals surface area contributed by atoms with Crippen LogP contribution in [0.4, 0.5) is 0 Å². The van der Waals surface area contributed by atoms with Crippen molar-refractivity contribution in [3.63, 3.8) is 0 Å². The Labute approximate surface area is 209 Å². The number of carbonyl (C=O) groups is 4. The standard InChI is InChI=1S/C24H33N5O5S/c1-13(2)20(24(33)34)28-22(31)19-8-5-9-29(19)23(32)18(12-35)27-21(30)16(25)10-14-11-26-17-7-4-3-6-15(14)17/h3-4,6-7,11,13,16,18-20,26,35H,5,8-10,12,25H2,1-2H3,(H,27,30)(H,28,31)(H,33,34). The maximum Gasteiger partial charge on any atom is 0.326 e. The molecule has 1 aliphatic rings. The van der Waals surface area contributed by atoms with Gasteiger partial charge in [0.05, 0.1) is 6.04 Å². The Hall–Kier alpha value is -3.05. The van der Waals surface area contributed by atoms with Gasteiger partial charge in [0.25, 0.3) is 0 Å². The van der Waals surface area contributed by atoms with Crippen LogP contribution in [0.5, 0.6) is 0 Å². The SMILES string of the molecule is CC(C)C(NC(=O)C1CCCN1C(=O)C(CS)NC(=O)C(N)Cc1c[nH]c2ccccc12)C(=O)O. The van der Waals surface area contributed by atoms with Crippen LogP contribution in [0.3, 0.4) is 0 Å². The number of aliphatic carboxylic acids is 1. The van der Waals surface area contributed by atoms with Gasteiger partial charge in [0.2, 0.25) is 17.7 Å². The number of para-hydroxylation sites is 1. The molecule has 6 N–H and O–H groups in total. The summed E-state index contributed by atoms with van der Waals surface area (Å²) in [6, 6.07) is 3.99. The number of nitrogens with one attached hydrogen (secondary N) is 3. The van der Waals surface area contributed by atoms with Crippen LogP contribution in [0, 0.1) is 5.92 Å². The van der Waals surface area contributed by atoms with Crippen molar-refractivity contribution in [3.05, 3.63) is 36.0 Å². The van der Waals surface area contributed by atoms with Gasteiger partial charge < -0.3 is 31.4 Å². The topological polar surface area (TPSA) is 158 Å². The van der Waals surface area contributed by atoms with Gasteiger partial charge >= 0.3 is 5.97 Å². The Bertz CT molecular complexity index is 1090. The molecule has 2 aromatic rings. The summed E-state index contributed by atoms with van der Waals surface area (Å²) >= 11 is 4.23. The van der Waals surface area contributed by atoms with Crippen molar-refractivity contribution in [2.24, 2.45) is 11.7 Å². The largest absolute Gasteiger partial charge is 0.480 e. The Morgan fingerprint density at radius 2 is 1.94 bits per heavy atom. The first-order valence-corrected chi connectivity index (χ1v) is 12.3. The number of likely N-dealkylation sites (tertiary alicyclic amines) is 1. The summed E-state index contributed by atoms with van der Waals surface area (Å²) in [7, 11) is 0. The van der Waals surface area contributed by atoms with Crippen molar-refractivity contribution in [3.8, 4) is 0 Å². The number of thiol groups is 1. The van der Waals surface area contributed by atoms with Crippen molar-refractivity contribution < 1.29 is 24.3 Å². The third-order valence-electron chi connectivity index (χ3n) is 6.32. The molecule has 0 saturated carbocycles. The number of rotatable bonds is 10. The first kappa shape index (κ1) is 26.6. The highest BCUT2D eigenvalue weighted by molar-refractivity contribution is 7.80. The monoisotopic (exact) mass is 503 g/mol. The van der Waals surface area contributed by atoms with Crippen LogP contribution in [-0.4, -0.2) is 75.1 Å². The third kappa shape index (κ3) is 6.15. The number of carboxylic acid groups (broad SMARTS) is 1. The van der Waals surface area contributed by atoms with Crippen molar-refractivity contribution in [2.75, 3.05) is 12.3 Å². The summed E-state index contributed by atoms with van der Waals surface area (Å²) in [4.78, 5) is 54.8. The lowest BCUT2D eigenvalue weighted by Crippen LogP contribution is -2.58. The van der Waals surface area contributed by atoms with E-state index in [1.165, 1.54) is 4.90 Å². The fourth-order valence-corrected chi connectivity index (χ4v) is 4.61. The smallest absolute Gasteiger partial charge is 0.326 e. The minimum atomic E-state index is -1.13. The van der Waals surface area contributed by atoms with Crippen molar-refractivity contribution >= 4 is 47.2 Å². The first-order chi connectivity index (χ1) is 16.6. The zero-order valence-corrected chi connectivity index (χ0v) is 20.8. The molecule has 2 heterocycles. The average molecular weight is 504 g/mol. The second-order valence-corrected chi connectivity index (χ2v) is 9.54. The van der Waals surface area contributed by atoms with Crippen LogP contribution < -0.4 is 16.4 Å². The summed E-state index contributed by atoms with van der Waals surface area (Å²) < 4.78 is 0. The van der Waals surface area contributed by atoms with E-state index < -0.39 is 47.9 Å². The summed E-state index contributed by atoms with van der Waals surface area (Å²) in [5, 5.41) is 15.6. The van der Waals surface area contributed by atoms with Crippen LogP contribution >= 0.6 is 12.6 Å². The van der Waals surface area contributed by atoms with Crippen LogP contribution in [0.15, 0.2) is 30.5 Å². The van der Waals surface area contributed by atoms with Gasteiger partial charge in [0.15, 0.2) is 0 Å². The van der Waals surface area contributed by atoms with E-state index in [4.69, 9.17) is 5.73 Å². The molecule has 1 fully saturated rings. The molecule has 1 aliphatic heterocycles. The lowest BCUT2D eigenvalue weighted by molar-refractivity contribution is -0.145. The van der Waals surface area contributed by atoms with E-state index >= 15 is 0 Å². The minimum Gasteiger partial charge on any atom is -0.480 e. The second kappa shape index (κ2) is 11.6. The molecule has 3 amide bonds. The first-order valence-electron chi connectivity index (χ1n) is 11.7. The molecule has 0 aliphatic carbocycles. The number of aromatic nitrogens is 1. The van der Waals surface area contributed by atoms with Crippen molar-refractivity contribution in [1.82, 2.24) is 20.5 Å². The lowest BCUT2D eigenvalue weighted by Gasteiger charge is -2.29. The van der Waals surface area contributed by atoms with E-state index in [0.29, 0.717) is 19.4 Å². The Kier molecular flexibility index (Phi) is 8.79. The van der Waals surface area contributed by atoms with Crippen LogP contribution in [0.1, 0.15) is 32.3 Å². The molecule has 4 atom stereocenters. The Morgan fingerprint density at radius 3 is 2.60 bits per heavy atom. The predicted octanol–water partition coefficient (Wildman–Crippen LogP) is 0.669. The number of carboxylic acids is 1. The summed E-state index contributed by atoms with van der Waals surface area (Å²) in [5.41, 5.74) is 7.99. The molecular formula is C24H33N5O5S. The molecule has 1 saturated heterocycles. The predicted molar refractivity (Wildman–Crippen MR) is 135 cm³/mol. The Morgan fingerprint density at radius 1 is 1.23 bits per heavy atom. The average Bonchev–Trinajstić information content (AvgIpc) is 3.47. The van der Waals surface area contributed by atoms with E-state index in [0.717, 1.165) is 16.5 Å². The van der Waals surface area contributed by atoms with Crippen molar-refractivity contribution in [2.45, 2.75) is 57.3 Å². The van der Waals surface area contributed by atoms with Gasteiger partial charge in [0.1, 0.15) is 18.1 Å². The number of nitrogens with two attached hydrogens (primary N) is 1. The van der Waals surface area contributed by atoms with Gasteiger partial charge in [-0.1, -0.05) is 32.0 Å². The summed E-state index contributed by atoms with van der Waals surface area (Å²) in [6.07, 6.45) is 3.10. The lowest BCUT2D eigenvalue weighted by atomic mass is 10.0. The van der Waals surface area contributed by atoms with Gasteiger partial charge in [-0.2, -0.15) is 12.6 Å². The molecule has 1 aromatic heterocycles. The fraction of sp³-hybridized carbons (Fsp3) is 0.500. The van der Waals surface area contributed by atoms with Gasteiger partial charge in [-0.3, -0.25) is 14.4 Å². The minimum absolute atomic E-state index is 0.0267. The van der Waals surface area contributed by atoms with Crippen LogP contribution in [0.2, 0.25) is 0 Å². The van der Waals surface area contributed by atoms with Gasteiger partial charge in [-0.25, -0.2) is 4.79 Å². The van der Waals surface area contributed by atoms with Crippen LogP contribution in [-0.2, 0) is 25.6 Å². The van der Waals surface area contributed by atoms with E-state index in [-0.39, 0.29) is 18.1 Å². The summed E-state index contributed by atoms with van der Waals surface area (Å²) in [6.45, 7) is 3.73. The molecule has 11 heteroatoms. The third-order valence-corrected chi connectivity index (χ3v) is 6.68. The van der Waals surface area contributed by atoms with Gasteiger partial charge in [-0.05, 0) is 36.8 Å². The molecule has 0 radical (unpaired) electrons. The molecule has 0 spiro atoms. The number of hydrogen-bond acceptors (Lipinski definition) is 6. The molecular weight excluding hydrogens is 470 g/mol. The second-order valence-electron chi connectivity index (χ2n) is 9.17. The number of H-pyrrole nitrogens is 1. The van der Waals surface area contributed by atoms with Gasteiger partial charge in [0, 0.05) is 29.4 Å². The van der Waals surface area contributed by atoms with E-state index in [9.17, 15) is 24.3 Å². The molecule has 35 heavy (non-hydrogen) atoms. The maximum absolute atomic E-state index is 13.2. The zero-order chi connectivity index (χ0) is 25.7. The number of carbonyl (C=O) groups excluding carboxylic acids is 3. The van der Waals surface area contributed by atoms with Crippen LogP contribution in [0.25, 0.3) is 10.9 Å². The molecule has 4 unspecified atom stereocenters. The molecule has 10 nitrogen and oxygen atoms in total. The van der Waals surface area contributed by atoms with E-state index in [1.807, 2.05) is 30.5 Å². The van der Waals surface area contributed by atoms with E-state index in [1.54, 1.807) is 13.8 Å². The fourth-order valence-electron chi connectivity index (χ4n) is 4.36. The number of amides is 3. The molecule has 1 aromatic carbocycles. The quantitative estimate of drug-likeness (QED) is 0.262. The number of nitrogens with zero attached hydrogens (tertiary/aromatic N) is 1. The highest BCUT2D eigenvalue weighted by Crippen LogP contribution is 2.21. The molecule has 3 rings (SSSR count). The Balaban J connectivity index is 1.64. The van der Waals surface area contributed by atoms with Gasteiger partial charge in [-0.15, -0.1) is 0 Å². The highest BCUT2D eigenvalue weighted by atomic mass is 32.1. The van der Waals surface area contributed by atoms with E-state index in [2.05, 4.69) is 28.2 Å². The molecule has 0 bridgehead atoms. The zero-order valence-electron chi connectivity index (χ0n) is 19.9. The highest BCUT2D eigenvalue weighted by Gasteiger charge is 2.39. The number of benzene rings is 1. The maximum atomic E-state index is 13.2. The summed E-state index contributed by atoms with van der Waals surface area (Å²) in [5.74, 6) is -2.87. The number of hydrogen-bond donors (Lipinski definition) is 6.